The standard InChI is InChI=1S/C18H14F2N2O3S2/c1-11-10-26-18(21-11)13-3-2-4-14(9-13)27(24,25)22-17(23)8-12-5-6-15(19)16(20)7-12/h2-7,9-10H,8H2,1H3,(H,22,23). The molecule has 1 aromatic heterocycles. The van der Waals surface area contributed by atoms with E-state index in [1.807, 2.05) is 17.0 Å². The molecule has 3 rings (SSSR count). The molecule has 1 heterocycles. The highest BCUT2D eigenvalue weighted by Gasteiger charge is 2.19. The van der Waals surface area contributed by atoms with E-state index < -0.39 is 34.0 Å². The lowest BCUT2D eigenvalue weighted by Gasteiger charge is -2.08. The van der Waals surface area contributed by atoms with Crippen LogP contribution < -0.4 is 4.72 Å². The molecule has 0 radical (unpaired) electrons. The average molecular weight is 408 g/mol. The number of nitrogens with zero attached hydrogens (tertiary/aromatic N) is 1. The van der Waals surface area contributed by atoms with Crippen molar-refractivity contribution in [2.75, 3.05) is 0 Å². The third kappa shape index (κ3) is 4.55. The van der Waals surface area contributed by atoms with Gasteiger partial charge in [0.1, 0.15) is 5.01 Å². The van der Waals surface area contributed by atoms with Crippen LogP contribution in [0.25, 0.3) is 10.6 Å². The molecule has 0 aliphatic heterocycles. The van der Waals surface area contributed by atoms with Crippen molar-refractivity contribution < 1.29 is 22.0 Å². The SMILES string of the molecule is Cc1csc(-c2cccc(S(=O)(=O)NC(=O)Cc3ccc(F)c(F)c3)c2)n1. The van der Waals surface area contributed by atoms with Gasteiger partial charge in [-0.1, -0.05) is 18.2 Å². The summed E-state index contributed by atoms with van der Waals surface area (Å²) in [4.78, 5) is 16.3. The van der Waals surface area contributed by atoms with Crippen LogP contribution >= 0.6 is 11.3 Å². The summed E-state index contributed by atoms with van der Waals surface area (Å²) in [5.74, 6) is -2.99. The Bertz CT molecular complexity index is 1110. The summed E-state index contributed by atoms with van der Waals surface area (Å²) in [6.07, 6.45) is -0.401. The zero-order valence-corrected chi connectivity index (χ0v) is 15.7. The first-order valence-corrected chi connectivity index (χ1v) is 10.1. The molecule has 140 valence electrons. The van der Waals surface area contributed by atoms with E-state index in [2.05, 4.69) is 4.98 Å². The summed E-state index contributed by atoms with van der Waals surface area (Å²) in [6, 6.07) is 9.01. The van der Waals surface area contributed by atoms with Crippen molar-refractivity contribution in [3.63, 3.8) is 0 Å². The number of rotatable bonds is 5. The Morgan fingerprint density at radius 1 is 1.15 bits per heavy atom. The Labute approximate surface area is 158 Å². The largest absolute Gasteiger partial charge is 0.274 e. The number of aromatic nitrogens is 1. The molecule has 27 heavy (non-hydrogen) atoms. The molecule has 1 amide bonds. The normalized spacial score (nSPS) is 11.4. The Morgan fingerprint density at radius 2 is 1.93 bits per heavy atom. The molecular formula is C18H14F2N2O3S2. The molecule has 0 bridgehead atoms. The van der Waals surface area contributed by atoms with Crippen LogP contribution in [0.15, 0.2) is 52.7 Å². The molecule has 0 atom stereocenters. The van der Waals surface area contributed by atoms with Gasteiger partial charge in [-0.3, -0.25) is 4.79 Å². The predicted molar refractivity (Wildman–Crippen MR) is 97.7 cm³/mol. The first-order chi connectivity index (χ1) is 12.7. The summed E-state index contributed by atoms with van der Waals surface area (Å²) in [5, 5.41) is 2.51. The minimum atomic E-state index is -4.11. The minimum Gasteiger partial charge on any atom is -0.274 e. The van der Waals surface area contributed by atoms with Crippen molar-refractivity contribution in [3.8, 4) is 10.6 Å². The maximum Gasteiger partial charge on any atom is 0.264 e. The smallest absolute Gasteiger partial charge is 0.264 e. The van der Waals surface area contributed by atoms with Gasteiger partial charge in [0.15, 0.2) is 11.6 Å². The highest BCUT2D eigenvalue weighted by molar-refractivity contribution is 7.90. The molecule has 0 fully saturated rings. The second-order valence-electron chi connectivity index (χ2n) is 5.78. The third-order valence-electron chi connectivity index (χ3n) is 3.61. The number of benzene rings is 2. The van der Waals surface area contributed by atoms with Crippen molar-refractivity contribution >= 4 is 27.3 Å². The van der Waals surface area contributed by atoms with Gasteiger partial charge < -0.3 is 0 Å². The fourth-order valence-corrected chi connectivity index (χ4v) is 4.19. The zero-order valence-electron chi connectivity index (χ0n) is 14.1. The molecule has 0 unspecified atom stereocenters. The minimum absolute atomic E-state index is 0.0912. The van der Waals surface area contributed by atoms with Gasteiger partial charge in [0.05, 0.1) is 11.3 Å². The topological polar surface area (TPSA) is 76.1 Å². The quantitative estimate of drug-likeness (QED) is 0.702. The lowest BCUT2D eigenvalue weighted by atomic mass is 10.1. The van der Waals surface area contributed by atoms with Gasteiger partial charge in [-0.2, -0.15) is 0 Å². The van der Waals surface area contributed by atoms with E-state index in [0.717, 1.165) is 17.8 Å². The highest BCUT2D eigenvalue weighted by Crippen LogP contribution is 2.25. The van der Waals surface area contributed by atoms with E-state index in [0.29, 0.717) is 10.6 Å². The second kappa shape index (κ2) is 7.53. The number of nitrogens with one attached hydrogen (secondary N) is 1. The van der Waals surface area contributed by atoms with Gasteiger partial charge in [-0.25, -0.2) is 26.9 Å². The number of hydrogen-bond acceptors (Lipinski definition) is 5. The molecule has 0 aliphatic carbocycles. The molecule has 2 aromatic carbocycles. The fraction of sp³-hybridized carbons (Fsp3) is 0.111. The molecule has 3 aromatic rings. The summed E-state index contributed by atoms with van der Waals surface area (Å²) >= 11 is 1.38. The molecule has 0 saturated carbocycles. The molecule has 0 aliphatic rings. The van der Waals surface area contributed by atoms with Gasteiger partial charge in [0.25, 0.3) is 10.0 Å². The van der Waals surface area contributed by atoms with Crippen LogP contribution in [-0.4, -0.2) is 19.3 Å². The van der Waals surface area contributed by atoms with E-state index >= 15 is 0 Å². The maximum atomic E-state index is 13.2. The van der Waals surface area contributed by atoms with Crippen LogP contribution in [0.4, 0.5) is 8.78 Å². The first-order valence-electron chi connectivity index (χ1n) is 7.77. The van der Waals surface area contributed by atoms with Crippen molar-refractivity contribution in [2.45, 2.75) is 18.2 Å². The molecular weight excluding hydrogens is 394 g/mol. The number of aryl methyl sites for hydroxylation is 1. The average Bonchev–Trinajstić information content (AvgIpc) is 3.04. The summed E-state index contributed by atoms with van der Waals surface area (Å²) in [5.41, 5.74) is 1.60. The molecule has 0 spiro atoms. The van der Waals surface area contributed by atoms with E-state index in [9.17, 15) is 22.0 Å². The van der Waals surface area contributed by atoms with Crippen LogP contribution in [-0.2, 0) is 21.2 Å². The second-order valence-corrected chi connectivity index (χ2v) is 8.32. The van der Waals surface area contributed by atoms with Crippen LogP contribution in [0.2, 0.25) is 0 Å². The fourth-order valence-electron chi connectivity index (χ4n) is 2.36. The van der Waals surface area contributed by atoms with Crippen molar-refractivity contribution in [2.24, 2.45) is 0 Å². The number of carbonyl (C=O) groups excluding carboxylic acids is 1. The van der Waals surface area contributed by atoms with Crippen LogP contribution in [0.5, 0.6) is 0 Å². The van der Waals surface area contributed by atoms with Crippen molar-refractivity contribution in [1.29, 1.82) is 0 Å². The lowest BCUT2D eigenvalue weighted by Crippen LogP contribution is -2.31. The Balaban J connectivity index is 1.78. The number of amides is 1. The Kier molecular flexibility index (Phi) is 5.33. The predicted octanol–water partition coefficient (Wildman–Crippen LogP) is 3.44. The molecule has 5 nitrogen and oxygen atoms in total. The number of sulfonamides is 1. The molecule has 0 saturated heterocycles. The van der Waals surface area contributed by atoms with E-state index in [1.165, 1.54) is 29.5 Å². The Morgan fingerprint density at radius 3 is 2.59 bits per heavy atom. The zero-order chi connectivity index (χ0) is 19.6. The third-order valence-corrected chi connectivity index (χ3v) is 5.99. The van der Waals surface area contributed by atoms with Crippen LogP contribution in [0.3, 0.4) is 0 Å². The van der Waals surface area contributed by atoms with Crippen molar-refractivity contribution in [1.82, 2.24) is 9.71 Å². The van der Waals surface area contributed by atoms with Gasteiger partial charge in [0.2, 0.25) is 5.91 Å². The number of halogens is 2. The van der Waals surface area contributed by atoms with E-state index in [-0.39, 0.29) is 10.5 Å². The number of hydrogen-bond donors (Lipinski definition) is 1. The lowest BCUT2D eigenvalue weighted by molar-refractivity contribution is -0.118. The van der Waals surface area contributed by atoms with Gasteiger partial charge in [-0.15, -0.1) is 11.3 Å². The van der Waals surface area contributed by atoms with Crippen molar-refractivity contribution in [3.05, 3.63) is 70.7 Å². The van der Waals surface area contributed by atoms with Gasteiger partial charge >= 0.3 is 0 Å². The van der Waals surface area contributed by atoms with Gasteiger partial charge in [-0.05, 0) is 36.8 Å². The number of thiazole rings is 1. The van der Waals surface area contributed by atoms with Gasteiger partial charge in [0, 0.05) is 16.6 Å². The van der Waals surface area contributed by atoms with E-state index in [1.54, 1.807) is 12.1 Å². The van der Waals surface area contributed by atoms with Crippen LogP contribution in [0.1, 0.15) is 11.3 Å². The van der Waals surface area contributed by atoms with Crippen LogP contribution in [0, 0.1) is 18.6 Å². The maximum absolute atomic E-state index is 13.2. The summed E-state index contributed by atoms with van der Waals surface area (Å²) in [7, 11) is -4.11. The summed E-state index contributed by atoms with van der Waals surface area (Å²) < 4.78 is 53.0. The molecule has 1 N–H and O–H groups in total. The summed E-state index contributed by atoms with van der Waals surface area (Å²) in [6.45, 7) is 1.83. The molecule has 9 heteroatoms. The first kappa shape index (κ1) is 19.1. The van der Waals surface area contributed by atoms with E-state index in [4.69, 9.17) is 0 Å². The monoisotopic (exact) mass is 408 g/mol. The highest BCUT2D eigenvalue weighted by atomic mass is 32.2. The number of carbonyl (C=O) groups is 1. The Hall–Kier alpha value is -2.65.